The van der Waals surface area contributed by atoms with Crippen molar-refractivity contribution in [2.75, 3.05) is 0 Å². The van der Waals surface area contributed by atoms with Gasteiger partial charge in [0.15, 0.2) is 12.1 Å². The van der Waals surface area contributed by atoms with Crippen LogP contribution in [0.1, 0.15) is 62.0 Å². The molecule has 2 heteroatoms. The maximum absolute atomic E-state index is 2.64. The minimum absolute atomic E-state index is 0.140. The molecule has 2 aromatic carbocycles. The number of hydrogen-bond acceptors (Lipinski definition) is 1. The molecule has 0 fully saturated rings. The third-order valence-corrected chi connectivity index (χ3v) is 6.54. The lowest BCUT2D eigenvalue weighted by atomic mass is 9.75. The Morgan fingerprint density at radius 1 is 0.840 bits per heavy atom. The highest BCUT2D eigenvalue weighted by atomic mass is 15.4. The third kappa shape index (κ3) is 2.00. The van der Waals surface area contributed by atoms with Gasteiger partial charge < -0.3 is 0 Å². The summed E-state index contributed by atoms with van der Waals surface area (Å²) in [6, 6.07) is 19.0. The van der Waals surface area contributed by atoms with Crippen molar-refractivity contribution in [3.05, 3.63) is 70.8 Å². The summed E-state index contributed by atoms with van der Waals surface area (Å²) in [6.07, 6.45) is 4.67. The molecule has 3 aliphatic heterocycles. The predicted octanol–water partition coefficient (Wildman–Crippen LogP) is 4.49. The Labute approximate surface area is 150 Å². The zero-order valence-corrected chi connectivity index (χ0v) is 15.7. The van der Waals surface area contributed by atoms with Crippen LogP contribution in [0, 0.1) is 0 Å². The summed E-state index contributed by atoms with van der Waals surface area (Å²) in [5.74, 6) is 0. The number of benzene rings is 2. The molecule has 128 valence electrons. The molecular formula is C23H27N2+. The fraction of sp³-hybridized carbons (Fsp3) is 0.435. The van der Waals surface area contributed by atoms with E-state index in [2.05, 4.69) is 92.0 Å². The smallest absolute Gasteiger partial charge is 0.236 e. The van der Waals surface area contributed by atoms with Gasteiger partial charge in [-0.05, 0) is 38.8 Å². The van der Waals surface area contributed by atoms with E-state index >= 15 is 0 Å². The lowest BCUT2D eigenvalue weighted by Gasteiger charge is -2.42. The van der Waals surface area contributed by atoms with Crippen molar-refractivity contribution in [3.8, 4) is 0 Å². The normalized spacial score (nSPS) is 27.7. The van der Waals surface area contributed by atoms with E-state index in [1.165, 1.54) is 22.3 Å². The standard InChI is InChI=1S/C23H27N2/c1-22(2)13-16-9-5-7-11-18(16)20-21-19-12-8-6-10-17(19)14-23(3,4)25(21)15-24(20)22/h5-12,15,20-21H,13-14H2,1-4H3/q+1/t20-,21-/m0/s1. The van der Waals surface area contributed by atoms with Gasteiger partial charge >= 0.3 is 0 Å². The van der Waals surface area contributed by atoms with Crippen molar-refractivity contribution in [1.82, 2.24) is 4.90 Å². The average Bonchev–Trinajstić information content (AvgIpc) is 2.98. The first kappa shape index (κ1) is 15.2. The highest BCUT2D eigenvalue weighted by Crippen LogP contribution is 2.52. The van der Waals surface area contributed by atoms with E-state index in [4.69, 9.17) is 0 Å². The second-order valence-corrected chi connectivity index (χ2v) is 9.20. The molecule has 0 radical (unpaired) electrons. The number of fused-ring (bicyclic) bond motifs is 7. The van der Waals surface area contributed by atoms with Gasteiger partial charge in [-0.2, -0.15) is 0 Å². The van der Waals surface area contributed by atoms with Gasteiger partial charge in [-0.25, -0.2) is 0 Å². The van der Waals surface area contributed by atoms with Crippen LogP contribution in [0.2, 0.25) is 0 Å². The fourth-order valence-corrected chi connectivity index (χ4v) is 5.37. The monoisotopic (exact) mass is 331 g/mol. The zero-order valence-electron chi connectivity index (χ0n) is 15.7. The summed E-state index contributed by atoms with van der Waals surface area (Å²) < 4.78 is 2.64. The maximum atomic E-state index is 2.64. The van der Waals surface area contributed by atoms with Crippen LogP contribution in [0.3, 0.4) is 0 Å². The van der Waals surface area contributed by atoms with Crippen molar-refractivity contribution in [2.24, 2.45) is 0 Å². The number of rotatable bonds is 0. The summed E-state index contributed by atoms with van der Waals surface area (Å²) in [4.78, 5) is 2.64. The SMILES string of the molecule is CC1(C)Cc2ccccc2[C@H]2[C@@H]3c4ccccc4CC(C)(C)[N+]3=CN21. The van der Waals surface area contributed by atoms with E-state index in [1.807, 2.05) is 0 Å². The first-order valence-electron chi connectivity index (χ1n) is 9.46. The van der Waals surface area contributed by atoms with Crippen LogP contribution in [0.4, 0.5) is 0 Å². The van der Waals surface area contributed by atoms with E-state index in [1.54, 1.807) is 0 Å². The average molecular weight is 331 g/mol. The van der Waals surface area contributed by atoms with E-state index in [0.717, 1.165) is 12.8 Å². The van der Waals surface area contributed by atoms with E-state index < -0.39 is 0 Å². The Balaban J connectivity index is 1.78. The molecular weight excluding hydrogens is 304 g/mol. The molecule has 0 amide bonds. The molecule has 2 nitrogen and oxygen atoms in total. The van der Waals surface area contributed by atoms with E-state index in [9.17, 15) is 0 Å². The van der Waals surface area contributed by atoms with Crippen LogP contribution >= 0.6 is 0 Å². The highest BCUT2D eigenvalue weighted by Gasteiger charge is 2.57. The lowest BCUT2D eigenvalue weighted by Crippen LogP contribution is -2.49. The van der Waals surface area contributed by atoms with Crippen LogP contribution in [-0.2, 0) is 12.8 Å². The molecule has 0 aliphatic carbocycles. The zero-order chi connectivity index (χ0) is 17.4. The number of nitrogens with zero attached hydrogens (tertiary/aromatic N) is 2. The van der Waals surface area contributed by atoms with Crippen LogP contribution in [0.25, 0.3) is 0 Å². The summed E-state index contributed by atoms with van der Waals surface area (Å²) in [5.41, 5.74) is 6.34. The largest absolute Gasteiger partial charge is 0.251 e. The predicted molar refractivity (Wildman–Crippen MR) is 102 cm³/mol. The Kier molecular flexibility index (Phi) is 2.89. The Morgan fingerprint density at radius 3 is 2.16 bits per heavy atom. The molecule has 0 bridgehead atoms. The van der Waals surface area contributed by atoms with Gasteiger partial charge in [-0.3, -0.25) is 9.48 Å². The Bertz CT molecular complexity index is 890. The van der Waals surface area contributed by atoms with Gasteiger partial charge in [0.2, 0.25) is 6.34 Å². The molecule has 0 N–H and O–H groups in total. The van der Waals surface area contributed by atoms with Crippen molar-refractivity contribution in [1.29, 1.82) is 0 Å². The Hall–Kier alpha value is -2.09. The molecule has 3 aliphatic rings. The van der Waals surface area contributed by atoms with Crippen molar-refractivity contribution in [2.45, 2.75) is 63.7 Å². The number of hydrogen-bond donors (Lipinski definition) is 0. The summed E-state index contributed by atoms with van der Waals surface area (Å²) in [6.45, 7) is 9.57. The molecule has 0 unspecified atom stereocenters. The van der Waals surface area contributed by atoms with Gasteiger partial charge in [0, 0.05) is 24.0 Å². The molecule has 3 heterocycles. The van der Waals surface area contributed by atoms with Crippen molar-refractivity contribution >= 4 is 6.34 Å². The second kappa shape index (κ2) is 4.75. The fourth-order valence-electron chi connectivity index (χ4n) is 5.37. The topological polar surface area (TPSA) is 6.25 Å². The quantitative estimate of drug-likeness (QED) is 0.645. The Morgan fingerprint density at radius 2 is 1.44 bits per heavy atom. The molecule has 2 atom stereocenters. The van der Waals surface area contributed by atoms with Gasteiger partial charge in [-0.1, -0.05) is 48.5 Å². The first-order chi connectivity index (χ1) is 11.9. The van der Waals surface area contributed by atoms with Crippen LogP contribution in [0.5, 0.6) is 0 Å². The molecule has 2 aromatic rings. The van der Waals surface area contributed by atoms with Crippen LogP contribution in [-0.4, -0.2) is 26.9 Å². The second-order valence-electron chi connectivity index (χ2n) is 9.20. The molecule has 0 saturated carbocycles. The molecule has 0 spiro atoms. The summed E-state index contributed by atoms with van der Waals surface area (Å²) in [7, 11) is 0. The van der Waals surface area contributed by atoms with Crippen molar-refractivity contribution in [3.63, 3.8) is 0 Å². The van der Waals surface area contributed by atoms with Gasteiger partial charge in [0.1, 0.15) is 11.1 Å². The summed E-state index contributed by atoms with van der Waals surface area (Å²) >= 11 is 0. The van der Waals surface area contributed by atoms with Gasteiger partial charge in [0.05, 0.1) is 0 Å². The van der Waals surface area contributed by atoms with Gasteiger partial charge in [-0.15, -0.1) is 0 Å². The van der Waals surface area contributed by atoms with Crippen LogP contribution < -0.4 is 0 Å². The molecule has 0 aromatic heterocycles. The minimum atomic E-state index is 0.140. The molecule has 0 saturated heterocycles. The van der Waals surface area contributed by atoms with Crippen LogP contribution in [0.15, 0.2) is 48.5 Å². The van der Waals surface area contributed by atoms with Crippen molar-refractivity contribution < 1.29 is 4.58 Å². The minimum Gasteiger partial charge on any atom is -0.251 e. The summed E-state index contributed by atoms with van der Waals surface area (Å²) in [5, 5.41) is 0. The van der Waals surface area contributed by atoms with Gasteiger partial charge in [0.25, 0.3) is 0 Å². The highest BCUT2D eigenvalue weighted by molar-refractivity contribution is 5.59. The lowest BCUT2D eigenvalue weighted by molar-refractivity contribution is -0.636. The molecule has 25 heavy (non-hydrogen) atoms. The maximum Gasteiger partial charge on any atom is 0.236 e. The van der Waals surface area contributed by atoms with E-state index in [0.29, 0.717) is 12.1 Å². The molecule has 5 rings (SSSR count). The van der Waals surface area contributed by atoms with E-state index in [-0.39, 0.29) is 11.1 Å². The third-order valence-electron chi connectivity index (χ3n) is 6.54. The first-order valence-corrected chi connectivity index (χ1v) is 9.46.